The highest BCUT2D eigenvalue weighted by Gasteiger charge is 2.19. The third kappa shape index (κ3) is 3.46. The molecule has 3 aromatic rings. The molecule has 7 heteroatoms. The molecule has 0 saturated carbocycles. The zero-order valence-electron chi connectivity index (χ0n) is 13.3. The average molecular weight is 343 g/mol. The van der Waals surface area contributed by atoms with Gasteiger partial charge >= 0.3 is 0 Å². The summed E-state index contributed by atoms with van der Waals surface area (Å²) in [6, 6.07) is 8.50. The van der Waals surface area contributed by atoms with Gasteiger partial charge in [-0.2, -0.15) is 0 Å². The minimum Gasteiger partial charge on any atom is -0.459 e. The Kier molecular flexibility index (Phi) is 4.61. The second kappa shape index (κ2) is 6.84. The van der Waals surface area contributed by atoms with Crippen molar-refractivity contribution in [1.29, 1.82) is 0 Å². The Labute approximate surface area is 142 Å². The van der Waals surface area contributed by atoms with Crippen LogP contribution in [0.15, 0.2) is 41.0 Å². The molecule has 24 heavy (non-hydrogen) atoms. The Hall–Kier alpha value is -2.67. The van der Waals surface area contributed by atoms with E-state index in [-0.39, 0.29) is 11.7 Å². The number of benzene rings is 1. The van der Waals surface area contributed by atoms with Crippen LogP contribution in [0, 0.1) is 0 Å². The van der Waals surface area contributed by atoms with Gasteiger partial charge in [0.25, 0.3) is 5.91 Å². The summed E-state index contributed by atoms with van der Waals surface area (Å²) in [4.78, 5) is 28.5. The van der Waals surface area contributed by atoms with E-state index < -0.39 is 11.9 Å². The van der Waals surface area contributed by atoms with Crippen molar-refractivity contribution in [2.24, 2.45) is 0 Å². The zero-order chi connectivity index (χ0) is 17.1. The summed E-state index contributed by atoms with van der Waals surface area (Å²) < 4.78 is 6.03. The quantitative estimate of drug-likeness (QED) is 0.745. The van der Waals surface area contributed by atoms with Gasteiger partial charge in [-0.1, -0.05) is 24.3 Å². The molecule has 1 aromatic carbocycles. The highest BCUT2D eigenvalue weighted by molar-refractivity contribution is 7.22. The fraction of sp³-hybridized carbons (Fsp3) is 0.235. The third-order valence-electron chi connectivity index (χ3n) is 3.58. The number of carbonyl (C=O) groups excluding carboxylic acids is 2. The molecule has 0 saturated heterocycles. The van der Waals surface area contributed by atoms with Crippen LogP contribution in [-0.2, 0) is 11.2 Å². The molecule has 0 aliphatic carbocycles. The molecule has 0 aliphatic heterocycles. The Bertz CT molecular complexity index is 870. The van der Waals surface area contributed by atoms with Crippen molar-refractivity contribution in [1.82, 2.24) is 10.3 Å². The number of aryl methyl sites for hydroxylation is 1. The van der Waals surface area contributed by atoms with Gasteiger partial charge in [0.2, 0.25) is 5.91 Å². The first kappa shape index (κ1) is 16.2. The Morgan fingerprint density at radius 2 is 2.17 bits per heavy atom. The van der Waals surface area contributed by atoms with E-state index in [1.165, 1.54) is 23.2 Å². The monoisotopic (exact) mass is 343 g/mol. The average Bonchev–Trinajstić information content (AvgIpc) is 3.23. The molecule has 124 valence electrons. The lowest BCUT2D eigenvalue weighted by Gasteiger charge is -2.11. The second-order valence-corrected chi connectivity index (χ2v) is 6.37. The van der Waals surface area contributed by atoms with E-state index >= 15 is 0 Å². The van der Waals surface area contributed by atoms with Crippen molar-refractivity contribution < 1.29 is 14.0 Å². The highest BCUT2D eigenvalue weighted by atomic mass is 32.1. The van der Waals surface area contributed by atoms with Gasteiger partial charge in [0, 0.05) is 0 Å². The van der Waals surface area contributed by atoms with Crippen LogP contribution >= 0.6 is 11.3 Å². The van der Waals surface area contributed by atoms with Crippen molar-refractivity contribution in [3.05, 3.63) is 47.9 Å². The summed E-state index contributed by atoms with van der Waals surface area (Å²) >= 11 is 1.41. The van der Waals surface area contributed by atoms with Gasteiger partial charge in [-0.15, -0.1) is 0 Å². The number of hydrogen-bond donors (Lipinski definition) is 2. The van der Waals surface area contributed by atoms with Gasteiger partial charge in [0.05, 0.1) is 16.5 Å². The predicted molar refractivity (Wildman–Crippen MR) is 93.3 cm³/mol. The van der Waals surface area contributed by atoms with E-state index in [4.69, 9.17) is 4.42 Å². The summed E-state index contributed by atoms with van der Waals surface area (Å²) in [6.07, 6.45) is 2.36. The predicted octanol–water partition coefficient (Wildman–Crippen LogP) is 3.21. The molecule has 3 rings (SSSR count). The maximum atomic E-state index is 12.2. The van der Waals surface area contributed by atoms with Gasteiger partial charge in [-0.05, 0) is 43.2 Å². The van der Waals surface area contributed by atoms with Crippen LogP contribution in [0.4, 0.5) is 5.13 Å². The summed E-state index contributed by atoms with van der Waals surface area (Å²) in [7, 11) is 0. The number of hydrogen-bond acceptors (Lipinski definition) is 5. The first-order chi connectivity index (χ1) is 11.6. The zero-order valence-corrected chi connectivity index (χ0v) is 14.1. The molecule has 0 aliphatic rings. The summed E-state index contributed by atoms with van der Waals surface area (Å²) in [5.41, 5.74) is 2.07. The molecule has 2 N–H and O–H groups in total. The van der Waals surface area contributed by atoms with Crippen LogP contribution in [0.5, 0.6) is 0 Å². The van der Waals surface area contributed by atoms with Crippen molar-refractivity contribution in [2.45, 2.75) is 26.3 Å². The van der Waals surface area contributed by atoms with Crippen LogP contribution in [0.1, 0.15) is 30.0 Å². The van der Waals surface area contributed by atoms with E-state index in [0.717, 1.165) is 16.6 Å². The number of amides is 2. The second-order valence-electron chi connectivity index (χ2n) is 5.34. The fourth-order valence-corrected chi connectivity index (χ4v) is 3.13. The van der Waals surface area contributed by atoms with Gasteiger partial charge in [0.1, 0.15) is 6.04 Å². The molecule has 2 aromatic heterocycles. The molecule has 1 atom stereocenters. The number of anilines is 1. The molecular weight excluding hydrogens is 326 g/mol. The smallest absolute Gasteiger partial charge is 0.287 e. The summed E-state index contributed by atoms with van der Waals surface area (Å²) in [5.74, 6) is -0.592. The lowest BCUT2D eigenvalue weighted by molar-refractivity contribution is -0.117. The van der Waals surface area contributed by atoms with Crippen LogP contribution in [0.25, 0.3) is 10.2 Å². The molecule has 0 bridgehead atoms. The first-order valence-electron chi connectivity index (χ1n) is 7.61. The van der Waals surface area contributed by atoms with E-state index in [0.29, 0.717) is 5.13 Å². The first-order valence-corrected chi connectivity index (χ1v) is 8.43. The number of nitrogens with one attached hydrogen (secondary N) is 2. The Morgan fingerprint density at radius 3 is 2.88 bits per heavy atom. The van der Waals surface area contributed by atoms with Crippen LogP contribution in [-0.4, -0.2) is 22.8 Å². The normalized spacial score (nSPS) is 12.1. The number of nitrogens with zero attached hydrogens (tertiary/aromatic N) is 1. The van der Waals surface area contributed by atoms with Gasteiger partial charge in [-0.3, -0.25) is 9.59 Å². The summed E-state index contributed by atoms with van der Waals surface area (Å²) in [6.45, 7) is 3.70. The largest absolute Gasteiger partial charge is 0.459 e. The molecule has 0 unspecified atom stereocenters. The molecule has 0 fully saturated rings. The fourth-order valence-electron chi connectivity index (χ4n) is 2.20. The van der Waals surface area contributed by atoms with Crippen LogP contribution in [0.3, 0.4) is 0 Å². The maximum Gasteiger partial charge on any atom is 0.287 e. The number of fused-ring (bicyclic) bond motifs is 1. The minimum absolute atomic E-state index is 0.168. The highest BCUT2D eigenvalue weighted by Crippen LogP contribution is 2.27. The Morgan fingerprint density at radius 1 is 1.33 bits per heavy atom. The minimum atomic E-state index is -0.708. The lowest BCUT2D eigenvalue weighted by Crippen LogP contribution is -2.41. The van der Waals surface area contributed by atoms with Gasteiger partial charge < -0.3 is 15.1 Å². The van der Waals surface area contributed by atoms with Crippen molar-refractivity contribution in [3.8, 4) is 0 Å². The third-order valence-corrected chi connectivity index (χ3v) is 4.51. The van der Waals surface area contributed by atoms with E-state index in [9.17, 15) is 9.59 Å². The molecule has 0 radical (unpaired) electrons. The van der Waals surface area contributed by atoms with Crippen molar-refractivity contribution in [2.75, 3.05) is 5.32 Å². The molecule has 2 heterocycles. The molecule has 0 spiro atoms. The number of thiazole rings is 1. The number of carbonyl (C=O) groups is 2. The number of furan rings is 1. The number of rotatable bonds is 5. The van der Waals surface area contributed by atoms with Crippen molar-refractivity contribution >= 4 is 38.5 Å². The van der Waals surface area contributed by atoms with E-state index in [1.807, 2.05) is 12.1 Å². The molecule has 2 amide bonds. The Balaban J connectivity index is 1.66. The summed E-state index contributed by atoms with van der Waals surface area (Å²) in [5, 5.41) is 5.84. The van der Waals surface area contributed by atoms with Gasteiger partial charge in [-0.25, -0.2) is 4.98 Å². The van der Waals surface area contributed by atoms with Crippen LogP contribution < -0.4 is 10.6 Å². The van der Waals surface area contributed by atoms with E-state index in [1.54, 1.807) is 19.1 Å². The topological polar surface area (TPSA) is 84.2 Å². The van der Waals surface area contributed by atoms with Crippen molar-refractivity contribution in [3.63, 3.8) is 0 Å². The molecular formula is C17H17N3O3S. The van der Waals surface area contributed by atoms with Crippen LogP contribution in [0.2, 0.25) is 0 Å². The van der Waals surface area contributed by atoms with E-state index in [2.05, 4.69) is 28.6 Å². The number of aromatic nitrogens is 1. The SMILES string of the molecule is CCc1ccc2nc(NC(=O)[C@H](C)NC(=O)c3ccco3)sc2c1. The van der Waals surface area contributed by atoms with Gasteiger partial charge in [0.15, 0.2) is 10.9 Å². The standard InChI is InChI=1S/C17H17N3O3S/c1-3-11-6-7-12-14(9-11)24-17(19-12)20-15(21)10(2)18-16(22)13-5-4-8-23-13/h4-10H,3H2,1-2H3,(H,18,22)(H,19,20,21)/t10-/m0/s1. The lowest BCUT2D eigenvalue weighted by atomic mass is 10.2. The maximum absolute atomic E-state index is 12.2. The molecule has 6 nitrogen and oxygen atoms in total.